The summed E-state index contributed by atoms with van der Waals surface area (Å²) >= 11 is 4.78. The molecule has 0 aliphatic heterocycles. The standard InChI is InChI=1S/C14H15N3O3S/c1-2-19-12-6-9(5-10(7-15)14(17)21)3-4-11(12)20-8-13(16)18/h3-6H,2,8H2,1H3,(H2,16,18)(H2,17,21)/b10-5-. The summed E-state index contributed by atoms with van der Waals surface area (Å²) in [5.74, 6) is 0.246. The number of primary amides is 1. The van der Waals surface area contributed by atoms with Gasteiger partial charge in [-0.15, -0.1) is 0 Å². The molecule has 0 spiro atoms. The highest BCUT2D eigenvalue weighted by atomic mass is 32.1. The Bertz CT molecular complexity index is 620. The first-order valence-corrected chi connectivity index (χ1v) is 6.48. The summed E-state index contributed by atoms with van der Waals surface area (Å²) in [5, 5.41) is 8.94. The first kappa shape index (κ1) is 16.5. The molecule has 0 saturated heterocycles. The summed E-state index contributed by atoms with van der Waals surface area (Å²) in [6.45, 7) is 1.99. The van der Waals surface area contributed by atoms with Gasteiger partial charge < -0.3 is 20.9 Å². The summed E-state index contributed by atoms with van der Waals surface area (Å²) < 4.78 is 10.7. The molecule has 110 valence electrons. The zero-order valence-electron chi connectivity index (χ0n) is 11.5. The van der Waals surface area contributed by atoms with Gasteiger partial charge in [-0.3, -0.25) is 4.79 Å². The van der Waals surface area contributed by atoms with E-state index in [9.17, 15) is 4.79 Å². The molecule has 0 aliphatic rings. The minimum Gasteiger partial charge on any atom is -0.490 e. The maximum Gasteiger partial charge on any atom is 0.255 e. The van der Waals surface area contributed by atoms with Crippen molar-refractivity contribution in [1.82, 2.24) is 0 Å². The molecular formula is C14H15N3O3S. The molecular weight excluding hydrogens is 290 g/mol. The zero-order valence-corrected chi connectivity index (χ0v) is 12.3. The van der Waals surface area contributed by atoms with Crippen molar-refractivity contribution in [3.8, 4) is 17.6 Å². The molecule has 0 fully saturated rings. The van der Waals surface area contributed by atoms with Gasteiger partial charge >= 0.3 is 0 Å². The monoisotopic (exact) mass is 305 g/mol. The number of carbonyl (C=O) groups excluding carboxylic acids is 1. The number of amides is 1. The highest BCUT2D eigenvalue weighted by Crippen LogP contribution is 2.29. The lowest BCUT2D eigenvalue weighted by atomic mass is 10.1. The lowest BCUT2D eigenvalue weighted by molar-refractivity contribution is -0.119. The Morgan fingerprint density at radius 1 is 1.38 bits per heavy atom. The summed E-state index contributed by atoms with van der Waals surface area (Å²) in [4.78, 5) is 10.8. The molecule has 0 unspecified atom stereocenters. The van der Waals surface area contributed by atoms with Crippen LogP contribution in [0.5, 0.6) is 11.5 Å². The first-order chi connectivity index (χ1) is 9.97. The van der Waals surface area contributed by atoms with E-state index < -0.39 is 5.91 Å². The minimum absolute atomic E-state index is 0.0181. The number of nitrogens with two attached hydrogens (primary N) is 2. The second-order valence-corrected chi connectivity index (χ2v) is 4.37. The molecule has 1 amide bonds. The van der Waals surface area contributed by atoms with Crippen molar-refractivity contribution >= 4 is 29.2 Å². The molecule has 0 bridgehead atoms. The lowest BCUT2D eigenvalue weighted by Gasteiger charge is -2.11. The number of nitriles is 1. The maximum atomic E-state index is 10.8. The molecule has 1 aromatic rings. The van der Waals surface area contributed by atoms with Gasteiger partial charge in [0, 0.05) is 0 Å². The Morgan fingerprint density at radius 3 is 2.62 bits per heavy atom. The molecule has 0 radical (unpaired) electrons. The summed E-state index contributed by atoms with van der Waals surface area (Å²) in [7, 11) is 0. The van der Waals surface area contributed by atoms with E-state index >= 15 is 0 Å². The Hall–Kier alpha value is -2.59. The molecule has 7 heteroatoms. The van der Waals surface area contributed by atoms with E-state index in [-0.39, 0.29) is 17.2 Å². The van der Waals surface area contributed by atoms with Crippen molar-refractivity contribution in [2.24, 2.45) is 11.5 Å². The predicted octanol–water partition coefficient (Wildman–Crippen LogP) is 1.14. The van der Waals surface area contributed by atoms with Crippen LogP contribution in [0.4, 0.5) is 0 Å². The van der Waals surface area contributed by atoms with E-state index in [0.29, 0.717) is 23.7 Å². The van der Waals surface area contributed by atoms with Crippen molar-refractivity contribution in [1.29, 1.82) is 5.26 Å². The van der Waals surface area contributed by atoms with E-state index in [4.69, 9.17) is 38.4 Å². The molecule has 4 N–H and O–H groups in total. The fourth-order valence-electron chi connectivity index (χ4n) is 1.48. The molecule has 6 nitrogen and oxygen atoms in total. The van der Waals surface area contributed by atoms with Crippen LogP contribution in [0.3, 0.4) is 0 Å². The third kappa shape index (κ3) is 5.12. The van der Waals surface area contributed by atoms with E-state index in [1.165, 1.54) is 0 Å². The third-order valence-corrected chi connectivity index (χ3v) is 2.55. The molecule has 21 heavy (non-hydrogen) atoms. The normalized spacial score (nSPS) is 10.6. The van der Waals surface area contributed by atoms with Crippen LogP contribution in [0, 0.1) is 11.3 Å². The molecule has 0 aromatic heterocycles. The number of ether oxygens (including phenoxy) is 2. The second-order valence-electron chi connectivity index (χ2n) is 3.93. The number of benzene rings is 1. The largest absolute Gasteiger partial charge is 0.490 e. The van der Waals surface area contributed by atoms with Crippen molar-refractivity contribution in [2.75, 3.05) is 13.2 Å². The van der Waals surface area contributed by atoms with E-state index in [0.717, 1.165) is 0 Å². The number of hydrogen-bond acceptors (Lipinski definition) is 5. The lowest BCUT2D eigenvalue weighted by Crippen LogP contribution is -2.20. The quantitative estimate of drug-likeness (QED) is 0.444. The van der Waals surface area contributed by atoms with Crippen molar-refractivity contribution in [2.45, 2.75) is 6.92 Å². The minimum atomic E-state index is -0.582. The van der Waals surface area contributed by atoms with Gasteiger partial charge in [0.25, 0.3) is 5.91 Å². The number of thiocarbonyl (C=S) groups is 1. The average Bonchev–Trinajstić information content (AvgIpc) is 2.43. The van der Waals surface area contributed by atoms with Crippen LogP contribution in [0.15, 0.2) is 23.8 Å². The SMILES string of the molecule is CCOc1cc(/C=C(/C#N)C(N)=S)ccc1OCC(N)=O. The highest BCUT2D eigenvalue weighted by molar-refractivity contribution is 7.80. The van der Waals surface area contributed by atoms with Gasteiger partial charge in [0.2, 0.25) is 0 Å². The van der Waals surface area contributed by atoms with E-state index in [1.807, 2.05) is 13.0 Å². The van der Waals surface area contributed by atoms with Crippen molar-refractivity contribution < 1.29 is 14.3 Å². The van der Waals surface area contributed by atoms with Crippen molar-refractivity contribution in [3.05, 3.63) is 29.3 Å². The van der Waals surface area contributed by atoms with Gasteiger partial charge in [-0.2, -0.15) is 5.26 Å². The molecule has 0 heterocycles. The van der Waals surface area contributed by atoms with Gasteiger partial charge in [0.05, 0.1) is 12.2 Å². The zero-order chi connectivity index (χ0) is 15.8. The van der Waals surface area contributed by atoms with Gasteiger partial charge in [-0.25, -0.2) is 0 Å². The summed E-state index contributed by atoms with van der Waals surface area (Å²) in [6.07, 6.45) is 1.54. The molecule has 0 saturated carbocycles. The topological polar surface area (TPSA) is 111 Å². The average molecular weight is 305 g/mol. The van der Waals surface area contributed by atoms with Crippen LogP contribution in [0.1, 0.15) is 12.5 Å². The van der Waals surface area contributed by atoms with Gasteiger partial charge in [-0.05, 0) is 30.7 Å². The number of carbonyl (C=O) groups is 1. The smallest absolute Gasteiger partial charge is 0.255 e. The number of hydrogen-bond donors (Lipinski definition) is 2. The Labute approximate surface area is 127 Å². The van der Waals surface area contributed by atoms with Crippen molar-refractivity contribution in [3.63, 3.8) is 0 Å². The van der Waals surface area contributed by atoms with Crippen LogP contribution < -0.4 is 20.9 Å². The van der Waals surface area contributed by atoms with Gasteiger partial charge in [-0.1, -0.05) is 18.3 Å². The first-order valence-electron chi connectivity index (χ1n) is 6.07. The third-order valence-electron chi connectivity index (χ3n) is 2.33. The van der Waals surface area contributed by atoms with Crippen LogP contribution in [0.25, 0.3) is 6.08 Å². The van der Waals surface area contributed by atoms with Gasteiger partial charge in [0.15, 0.2) is 18.1 Å². The van der Waals surface area contributed by atoms with Crippen LogP contribution >= 0.6 is 12.2 Å². The predicted molar refractivity (Wildman–Crippen MR) is 82.7 cm³/mol. The highest BCUT2D eigenvalue weighted by Gasteiger charge is 2.08. The summed E-state index contributed by atoms with van der Waals surface area (Å²) in [5.41, 5.74) is 11.3. The molecule has 0 atom stereocenters. The fourth-order valence-corrected chi connectivity index (χ4v) is 1.58. The Kier molecular flexibility index (Phi) is 6.17. The number of rotatable bonds is 7. The van der Waals surface area contributed by atoms with E-state index in [1.54, 1.807) is 24.3 Å². The van der Waals surface area contributed by atoms with Crippen LogP contribution in [-0.4, -0.2) is 24.1 Å². The fraction of sp³-hybridized carbons (Fsp3) is 0.214. The maximum absolute atomic E-state index is 10.8. The molecule has 0 aliphatic carbocycles. The van der Waals surface area contributed by atoms with Crippen LogP contribution in [0.2, 0.25) is 0 Å². The van der Waals surface area contributed by atoms with Crippen LogP contribution in [-0.2, 0) is 4.79 Å². The van der Waals surface area contributed by atoms with Gasteiger partial charge in [0.1, 0.15) is 11.1 Å². The van der Waals surface area contributed by atoms with E-state index in [2.05, 4.69) is 0 Å². The Balaban J connectivity index is 3.10. The number of nitrogens with zero attached hydrogens (tertiary/aromatic N) is 1. The summed E-state index contributed by atoms with van der Waals surface area (Å²) in [6, 6.07) is 6.89. The molecule has 1 rings (SSSR count). The second kappa shape index (κ2) is 7.87. The molecule has 1 aromatic carbocycles. The Morgan fingerprint density at radius 2 is 2.10 bits per heavy atom.